The first-order chi connectivity index (χ1) is 12.1. The number of ether oxygens (including phenoxy) is 1. The molecule has 1 aromatic carbocycles. The molecule has 0 amide bonds. The molecule has 1 saturated carbocycles. The van der Waals surface area contributed by atoms with Crippen molar-refractivity contribution in [3.63, 3.8) is 0 Å². The van der Waals surface area contributed by atoms with Gasteiger partial charge in [0.15, 0.2) is 5.52 Å². The van der Waals surface area contributed by atoms with Gasteiger partial charge >= 0.3 is 0 Å². The molecule has 2 N–H and O–H groups in total. The Morgan fingerprint density at radius 3 is 2.84 bits per heavy atom. The molecule has 2 fully saturated rings. The first kappa shape index (κ1) is 14.6. The van der Waals surface area contributed by atoms with Crippen molar-refractivity contribution in [2.75, 3.05) is 13.2 Å². The van der Waals surface area contributed by atoms with Gasteiger partial charge in [0.1, 0.15) is 5.82 Å². The largest absolute Gasteiger partial charge is 0.493 e. The molecule has 0 radical (unpaired) electrons. The summed E-state index contributed by atoms with van der Waals surface area (Å²) >= 11 is 0. The monoisotopic (exact) mass is 342 g/mol. The van der Waals surface area contributed by atoms with E-state index >= 15 is 0 Å². The zero-order valence-corrected chi connectivity index (χ0v) is 13.1. The van der Waals surface area contributed by atoms with Crippen molar-refractivity contribution in [1.29, 1.82) is 0 Å². The Hall–Kier alpha value is -2.74. The van der Waals surface area contributed by atoms with Crippen LogP contribution in [0.3, 0.4) is 0 Å². The van der Waals surface area contributed by atoms with Gasteiger partial charge in [-0.1, -0.05) is 18.2 Å². The normalized spacial score (nSPS) is 24.6. The van der Waals surface area contributed by atoms with Gasteiger partial charge in [-0.25, -0.2) is 14.2 Å². The lowest BCUT2D eigenvalue weighted by molar-refractivity contribution is 0.160. The summed E-state index contributed by atoms with van der Waals surface area (Å²) in [7, 11) is 0. The summed E-state index contributed by atoms with van der Waals surface area (Å²) in [5, 5.41) is 21.8. The van der Waals surface area contributed by atoms with Gasteiger partial charge in [-0.15, -0.1) is 0 Å². The molecule has 5 rings (SSSR count). The second-order valence-electron chi connectivity index (χ2n) is 6.63. The summed E-state index contributed by atoms with van der Waals surface area (Å²) in [6.45, 7) is 1.37. The van der Waals surface area contributed by atoms with Gasteiger partial charge < -0.3 is 9.84 Å². The van der Waals surface area contributed by atoms with Crippen molar-refractivity contribution in [2.45, 2.75) is 12.5 Å². The lowest BCUT2D eigenvalue weighted by Crippen LogP contribution is -2.12. The van der Waals surface area contributed by atoms with Crippen LogP contribution in [0.1, 0.15) is 17.2 Å². The third-order valence-electron chi connectivity index (χ3n) is 5.22. The molecule has 3 aromatic rings. The lowest BCUT2D eigenvalue weighted by Gasteiger charge is -2.06. The smallest absolute Gasteiger partial charge is 0.292 e. The molecule has 8 heteroatoms. The molecular formula is C17H15FN4O3. The fourth-order valence-electron chi connectivity index (χ4n) is 3.85. The van der Waals surface area contributed by atoms with Crippen molar-refractivity contribution in [1.82, 2.24) is 20.0 Å². The van der Waals surface area contributed by atoms with Crippen molar-refractivity contribution >= 4 is 10.9 Å². The van der Waals surface area contributed by atoms with Gasteiger partial charge in [0, 0.05) is 11.5 Å². The summed E-state index contributed by atoms with van der Waals surface area (Å²) in [5.41, 5.74) is 0.687. The molecule has 1 aliphatic heterocycles. The fourth-order valence-corrected chi connectivity index (χ4v) is 3.85. The van der Waals surface area contributed by atoms with E-state index in [0.717, 1.165) is 0 Å². The number of fused-ring (bicyclic) bond motifs is 2. The van der Waals surface area contributed by atoms with Crippen LogP contribution in [0, 0.1) is 17.7 Å². The number of H-pyrrole nitrogens is 1. The minimum absolute atomic E-state index is 0.0344. The van der Waals surface area contributed by atoms with Gasteiger partial charge in [0.25, 0.3) is 5.56 Å². The Morgan fingerprint density at radius 1 is 1.32 bits per heavy atom. The number of hydrogen-bond donors (Lipinski definition) is 2. The molecule has 3 atom stereocenters. The molecular weight excluding hydrogens is 327 g/mol. The molecule has 2 aliphatic rings. The number of nitrogens with one attached hydrogen (secondary N) is 1. The van der Waals surface area contributed by atoms with E-state index in [1.807, 2.05) is 0 Å². The number of benzene rings is 1. The maximum atomic E-state index is 13.9. The summed E-state index contributed by atoms with van der Waals surface area (Å²) in [5.74, 6) is 0.359. The molecule has 0 spiro atoms. The van der Waals surface area contributed by atoms with Gasteiger partial charge in [0.2, 0.25) is 5.88 Å². The fraction of sp³-hybridized carbons (Fsp3) is 0.353. The predicted molar refractivity (Wildman–Crippen MR) is 85.9 cm³/mol. The first-order valence-corrected chi connectivity index (χ1v) is 8.14. The van der Waals surface area contributed by atoms with Crippen LogP contribution >= 0.6 is 0 Å². The van der Waals surface area contributed by atoms with Gasteiger partial charge in [-0.2, -0.15) is 10.2 Å². The highest BCUT2D eigenvalue weighted by Crippen LogP contribution is 2.58. The van der Waals surface area contributed by atoms with Gasteiger partial charge in [0.05, 0.1) is 30.8 Å². The molecule has 1 saturated heterocycles. The maximum Gasteiger partial charge on any atom is 0.292 e. The number of aromatic hydroxyl groups is 1. The SMILES string of the molecule is O=c1[nH]nc(C2[C@H]3COC[C@@H]23)c2c(O)n(Cc3ccccc3F)nc12. The molecule has 25 heavy (non-hydrogen) atoms. The molecule has 0 bridgehead atoms. The molecule has 128 valence electrons. The van der Waals surface area contributed by atoms with E-state index in [4.69, 9.17) is 4.74 Å². The van der Waals surface area contributed by atoms with Crippen molar-refractivity contribution < 1.29 is 14.2 Å². The van der Waals surface area contributed by atoms with E-state index in [9.17, 15) is 14.3 Å². The number of rotatable bonds is 3. The minimum Gasteiger partial charge on any atom is -0.493 e. The lowest BCUT2D eigenvalue weighted by atomic mass is 10.1. The Balaban J connectivity index is 1.62. The second-order valence-corrected chi connectivity index (χ2v) is 6.63. The van der Waals surface area contributed by atoms with E-state index in [1.165, 1.54) is 10.7 Å². The van der Waals surface area contributed by atoms with E-state index in [-0.39, 0.29) is 29.7 Å². The summed E-state index contributed by atoms with van der Waals surface area (Å²) < 4.78 is 20.5. The van der Waals surface area contributed by atoms with Crippen LogP contribution in [0.4, 0.5) is 4.39 Å². The van der Waals surface area contributed by atoms with Crippen molar-refractivity contribution in [3.05, 3.63) is 51.7 Å². The zero-order chi connectivity index (χ0) is 17.1. The molecule has 2 aromatic heterocycles. The molecule has 1 unspecified atom stereocenters. The first-order valence-electron chi connectivity index (χ1n) is 8.14. The highest BCUT2D eigenvalue weighted by Gasteiger charge is 2.56. The number of halogens is 1. The van der Waals surface area contributed by atoms with Crippen LogP contribution in [-0.4, -0.2) is 38.3 Å². The average molecular weight is 342 g/mol. The van der Waals surface area contributed by atoms with E-state index in [2.05, 4.69) is 15.3 Å². The number of aromatic amines is 1. The number of nitrogens with zero attached hydrogens (tertiary/aromatic N) is 3. The molecule has 7 nitrogen and oxygen atoms in total. The van der Waals surface area contributed by atoms with Crippen LogP contribution in [0.2, 0.25) is 0 Å². The Kier molecular flexibility index (Phi) is 2.99. The van der Waals surface area contributed by atoms with E-state index < -0.39 is 5.56 Å². The quantitative estimate of drug-likeness (QED) is 0.750. The van der Waals surface area contributed by atoms with Crippen LogP contribution < -0.4 is 5.56 Å². The van der Waals surface area contributed by atoms with Crippen molar-refractivity contribution in [3.8, 4) is 5.88 Å². The van der Waals surface area contributed by atoms with Crippen LogP contribution in [0.15, 0.2) is 29.1 Å². The van der Waals surface area contributed by atoms with Crippen molar-refractivity contribution in [2.24, 2.45) is 11.8 Å². The Morgan fingerprint density at radius 2 is 2.08 bits per heavy atom. The van der Waals surface area contributed by atoms with Crippen LogP contribution in [0.5, 0.6) is 5.88 Å². The minimum atomic E-state index is -0.469. The third kappa shape index (κ3) is 2.10. The summed E-state index contributed by atoms with van der Waals surface area (Å²) in [6.07, 6.45) is 0. The van der Waals surface area contributed by atoms with Gasteiger partial charge in [-0.05, 0) is 17.9 Å². The maximum absolute atomic E-state index is 13.9. The second kappa shape index (κ2) is 5.13. The predicted octanol–water partition coefficient (Wildman–Crippen LogP) is 1.37. The highest BCUT2D eigenvalue weighted by molar-refractivity contribution is 5.86. The van der Waals surface area contributed by atoms with Crippen LogP contribution in [-0.2, 0) is 11.3 Å². The third-order valence-corrected chi connectivity index (χ3v) is 5.22. The zero-order valence-electron chi connectivity index (χ0n) is 13.1. The highest BCUT2D eigenvalue weighted by atomic mass is 19.1. The molecule has 3 heterocycles. The topological polar surface area (TPSA) is 93.0 Å². The van der Waals surface area contributed by atoms with Gasteiger partial charge in [-0.3, -0.25) is 4.79 Å². The van der Waals surface area contributed by atoms with E-state index in [1.54, 1.807) is 18.2 Å². The Labute approximate surface area is 141 Å². The van der Waals surface area contributed by atoms with Crippen LogP contribution in [0.25, 0.3) is 10.9 Å². The standard InChI is InChI=1S/C17H15FN4O3/c18-11-4-2-1-3-8(11)5-22-17(24)13-14(12-9-6-25-7-10(9)12)19-20-16(23)15(13)21-22/h1-4,9-10,12,24H,5-7H2,(H,20,23)/t9-,10+,12?. The number of hydrogen-bond acceptors (Lipinski definition) is 5. The summed E-state index contributed by atoms with van der Waals surface area (Å²) in [4.78, 5) is 12.1. The summed E-state index contributed by atoms with van der Waals surface area (Å²) in [6, 6.07) is 6.27. The average Bonchev–Trinajstić information content (AvgIpc) is 2.92. The number of aromatic nitrogens is 4. The Bertz CT molecular complexity index is 1030. The molecule has 1 aliphatic carbocycles. The van der Waals surface area contributed by atoms with E-state index in [0.29, 0.717) is 41.7 Å².